The Morgan fingerprint density at radius 1 is 1.14 bits per heavy atom. The molecule has 8 nitrogen and oxygen atoms in total. The zero-order valence-electron chi connectivity index (χ0n) is 18.9. The lowest BCUT2D eigenvalue weighted by Crippen LogP contribution is -2.39. The van der Waals surface area contributed by atoms with Crippen LogP contribution in [-0.2, 0) is 19.1 Å². The Morgan fingerprint density at radius 2 is 1.72 bits per heavy atom. The van der Waals surface area contributed by atoms with E-state index in [4.69, 9.17) is 24.5 Å². The van der Waals surface area contributed by atoms with E-state index in [1.54, 1.807) is 0 Å². The predicted molar refractivity (Wildman–Crippen MR) is 112 cm³/mol. The summed E-state index contributed by atoms with van der Waals surface area (Å²) in [7, 11) is 4.06. The molecule has 0 aromatic rings. The molecule has 1 fully saturated rings. The molecule has 1 heterocycles. The van der Waals surface area contributed by atoms with Crippen LogP contribution in [0.1, 0.15) is 59.8 Å². The monoisotopic (exact) mass is 416 g/mol. The number of carboxylic acids is 2. The van der Waals surface area contributed by atoms with E-state index < -0.39 is 11.9 Å². The Morgan fingerprint density at radius 3 is 2.17 bits per heavy atom. The Hall–Kier alpha value is -1.67. The molecule has 0 bridgehead atoms. The third-order valence-corrected chi connectivity index (χ3v) is 5.03. The van der Waals surface area contributed by atoms with Gasteiger partial charge in [0.25, 0.3) is 0 Å². The second kappa shape index (κ2) is 13.5. The van der Waals surface area contributed by atoms with E-state index in [0.717, 1.165) is 39.0 Å². The topological polar surface area (TPSA) is 116 Å². The van der Waals surface area contributed by atoms with Crippen LogP contribution < -0.4 is 5.32 Å². The highest BCUT2D eigenvalue weighted by Crippen LogP contribution is 2.37. The van der Waals surface area contributed by atoms with Gasteiger partial charge in [-0.05, 0) is 65.0 Å². The van der Waals surface area contributed by atoms with Gasteiger partial charge in [0.15, 0.2) is 0 Å². The molecular formula is C21H40N2O6. The summed E-state index contributed by atoms with van der Waals surface area (Å²) in [5.74, 6) is -1.64. The summed E-state index contributed by atoms with van der Waals surface area (Å²) < 4.78 is 5.86. The lowest BCUT2D eigenvalue weighted by molar-refractivity contribution is -0.159. The van der Waals surface area contributed by atoms with E-state index in [1.807, 2.05) is 14.1 Å². The molecule has 8 heteroatoms. The summed E-state index contributed by atoms with van der Waals surface area (Å²) in [5, 5.41) is 17.9. The van der Waals surface area contributed by atoms with E-state index in [0.29, 0.717) is 24.2 Å². The van der Waals surface area contributed by atoms with Crippen molar-refractivity contribution in [2.45, 2.75) is 65.4 Å². The number of nitrogens with one attached hydrogen (secondary N) is 1. The van der Waals surface area contributed by atoms with Crippen molar-refractivity contribution in [3.05, 3.63) is 0 Å². The molecule has 1 rings (SSSR count). The Bertz CT molecular complexity index is 507. The average Bonchev–Trinajstić information content (AvgIpc) is 2.57. The molecule has 170 valence electrons. The van der Waals surface area contributed by atoms with Crippen molar-refractivity contribution in [3.63, 3.8) is 0 Å². The van der Waals surface area contributed by atoms with Crippen molar-refractivity contribution in [1.82, 2.24) is 10.2 Å². The van der Waals surface area contributed by atoms with Gasteiger partial charge in [0.05, 0.1) is 5.60 Å². The van der Waals surface area contributed by atoms with Crippen molar-refractivity contribution < 1.29 is 29.3 Å². The Kier molecular flexibility index (Phi) is 12.8. The minimum atomic E-state index is -1.82. The largest absolute Gasteiger partial charge is 0.473 e. The molecule has 0 radical (unpaired) electrons. The molecule has 0 aromatic heterocycles. The van der Waals surface area contributed by atoms with Gasteiger partial charge in [-0.25, -0.2) is 9.59 Å². The quantitative estimate of drug-likeness (QED) is 0.494. The molecule has 1 amide bonds. The van der Waals surface area contributed by atoms with Crippen LogP contribution in [0.15, 0.2) is 0 Å². The van der Waals surface area contributed by atoms with Gasteiger partial charge in [-0.15, -0.1) is 0 Å². The lowest BCUT2D eigenvalue weighted by atomic mass is 9.75. The van der Waals surface area contributed by atoms with E-state index in [-0.39, 0.29) is 11.5 Å². The molecule has 3 N–H and O–H groups in total. The van der Waals surface area contributed by atoms with Crippen molar-refractivity contribution in [2.75, 3.05) is 33.8 Å². The van der Waals surface area contributed by atoms with Crippen LogP contribution in [-0.4, -0.2) is 72.4 Å². The fraction of sp³-hybridized carbons (Fsp3) is 0.857. The smallest absolute Gasteiger partial charge is 0.414 e. The average molecular weight is 417 g/mol. The van der Waals surface area contributed by atoms with Crippen LogP contribution in [0, 0.1) is 17.8 Å². The second-order valence-electron chi connectivity index (χ2n) is 9.06. The SMILES string of the molecule is CC(C)CCC(CC(=O)NCCN(C)C)C1CCOC(C)(C)C1.O=C(O)C(=O)O. The van der Waals surface area contributed by atoms with Crippen molar-refractivity contribution >= 4 is 17.8 Å². The first kappa shape index (κ1) is 27.3. The third-order valence-electron chi connectivity index (χ3n) is 5.03. The first-order chi connectivity index (χ1) is 13.3. The maximum atomic E-state index is 12.3. The molecule has 0 saturated carbocycles. The van der Waals surface area contributed by atoms with Crippen LogP contribution in [0.3, 0.4) is 0 Å². The highest BCUT2D eigenvalue weighted by Gasteiger charge is 2.34. The summed E-state index contributed by atoms with van der Waals surface area (Å²) in [6, 6.07) is 0. The van der Waals surface area contributed by atoms with E-state index in [1.165, 1.54) is 6.42 Å². The predicted octanol–water partition coefficient (Wildman–Crippen LogP) is 2.47. The fourth-order valence-electron chi connectivity index (χ4n) is 3.46. The molecule has 1 saturated heterocycles. The van der Waals surface area contributed by atoms with E-state index in [9.17, 15) is 4.79 Å². The number of carbonyl (C=O) groups is 3. The highest BCUT2D eigenvalue weighted by atomic mass is 16.5. The summed E-state index contributed by atoms with van der Waals surface area (Å²) in [5.41, 5.74) is -0.0413. The molecular weight excluding hydrogens is 376 g/mol. The number of ether oxygens (including phenoxy) is 1. The van der Waals surface area contributed by atoms with Gasteiger partial charge in [-0.1, -0.05) is 20.3 Å². The number of hydrogen-bond donors (Lipinski definition) is 3. The van der Waals surface area contributed by atoms with Gasteiger partial charge in [0.1, 0.15) is 0 Å². The van der Waals surface area contributed by atoms with Crippen LogP contribution in [0.5, 0.6) is 0 Å². The Balaban J connectivity index is 0.00000113. The van der Waals surface area contributed by atoms with Crippen LogP contribution in [0.2, 0.25) is 0 Å². The van der Waals surface area contributed by atoms with Crippen LogP contribution in [0.25, 0.3) is 0 Å². The normalized spacial score (nSPS) is 19.2. The van der Waals surface area contributed by atoms with Gasteiger partial charge in [-0.3, -0.25) is 4.79 Å². The first-order valence-electron chi connectivity index (χ1n) is 10.4. The minimum absolute atomic E-state index is 0.0413. The zero-order valence-corrected chi connectivity index (χ0v) is 18.9. The van der Waals surface area contributed by atoms with Gasteiger partial charge in [-0.2, -0.15) is 0 Å². The summed E-state index contributed by atoms with van der Waals surface area (Å²) in [4.78, 5) is 32.6. The minimum Gasteiger partial charge on any atom is -0.473 e. The summed E-state index contributed by atoms with van der Waals surface area (Å²) >= 11 is 0. The van der Waals surface area contributed by atoms with E-state index in [2.05, 4.69) is 37.9 Å². The number of carbonyl (C=O) groups excluding carboxylic acids is 1. The molecule has 2 atom stereocenters. The van der Waals surface area contributed by atoms with Gasteiger partial charge in [0.2, 0.25) is 5.91 Å². The Labute approximate surface area is 175 Å². The summed E-state index contributed by atoms with van der Waals surface area (Å²) in [6.07, 6.45) is 5.19. The molecule has 0 aliphatic carbocycles. The molecule has 2 unspecified atom stereocenters. The van der Waals surface area contributed by atoms with Crippen molar-refractivity contribution in [3.8, 4) is 0 Å². The number of carboxylic acid groups (broad SMARTS) is 2. The molecule has 0 aromatic carbocycles. The number of hydrogen-bond acceptors (Lipinski definition) is 5. The third kappa shape index (κ3) is 14.0. The molecule has 1 aliphatic rings. The maximum Gasteiger partial charge on any atom is 0.414 e. The number of amides is 1. The second-order valence-corrected chi connectivity index (χ2v) is 9.06. The first-order valence-corrected chi connectivity index (χ1v) is 10.4. The van der Waals surface area contributed by atoms with Gasteiger partial charge >= 0.3 is 11.9 Å². The standard InChI is InChI=1S/C19H38N2O2.C2H2O4/c1-15(2)7-8-16(13-18(22)20-10-11-21(5)6)17-9-12-23-19(3,4)14-17;3-1(4)2(5)6/h15-17H,7-14H2,1-6H3,(H,20,22);(H,3,4)(H,5,6). The lowest BCUT2D eigenvalue weighted by Gasteiger charge is -2.39. The summed E-state index contributed by atoms with van der Waals surface area (Å²) in [6.45, 7) is 11.3. The zero-order chi connectivity index (χ0) is 22.6. The number of likely N-dealkylation sites (N-methyl/N-ethyl adjacent to an activating group) is 1. The molecule has 0 spiro atoms. The van der Waals surface area contributed by atoms with Gasteiger partial charge in [0, 0.05) is 26.1 Å². The fourth-order valence-corrected chi connectivity index (χ4v) is 3.46. The van der Waals surface area contributed by atoms with Crippen LogP contribution in [0.4, 0.5) is 0 Å². The van der Waals surface area contributed by atoms with Gasteiger partial charge < -0.3 is 25.2 Å². The molecule has 29 heavy (non-hydrogen) atoms. The van der Waals surface area contributed by atoms with Crippen LogP contribution >= 0.6 is 0 Å². The van der Waals surface area contributed by atoms with E-state index >= 15 is 0 Å². The number of aliphatic carboxylic acids is 2. The maximum absolute atomic E-state index is 12.3. The number of nitrogens with zero attached hydrogens (tertiary/aromatic N) is 1. The highest BCUT2D eigenvalue weighted by molar-refractivity contribution is 6.27. The van der Waals surface area contributed by atoms with Crippen molar-refractivity contribution in [2.24, 2.45) is 17.8 Å². The van der Waals surface area contributed by atoms with Crippen molar-refractivity contribution in [1.29, 1.82) is 0 Å². The molecule has 1 aliphatic heterocycles. The number of rotatable bonds is 9.